The molecule has 1 unspecified atom stereocenters. The Hall–Kier alpha value is -0.900. The first-order chi connectivity index (χ1) is 7.08. The second-order valence-corrected chi connectivity index (χ2v) is 5.20. The van der Waals surface area contributed by atoms with E-state index < -0.39 is 0 Å². The third kappa shape index (κ3) is 2.04. The van der Waals surface area contributed by atoms with Gasteiger partial charge in [-0.2, -0.15) is 0 Å². The first-order valence-electron chi connectivity index (χ1n) is 4.95. The first-order valence-corrected chi connectivity index (χ1v) is 5.87. The molecule has 15 heavy (non-hydrogen) atoms. The van der Waals surface area contributed by atoms with Crippen LogP contribution in [0.5, 0.6) is 0 Å². The predicted molar refractivity (Wildman–Crippen MR) is 63.4 cm³/mol. The molecule has 4 heteroatoms. The third-order valence-corrected chi connectivity index (χ3v) is 3.33. The van der Waals surface area contributed by atoms with Gasteiger partial charge < -0.3 is 4.90 Å². The zero-order chi connectivity index (χ0) is 11.0. The van der Waals surface area contributed by atoms with E-state index in [-0.39, 0.29) is 10.7 Å². The minimum atomic E-state index is 0.168. The summed E-state index contributed by atoms with van der Waals surface area (Å²) < 4.78 is 0. The van der Waals surface area contributed by atoms with E-state index in [4.69, 9.17) is 0 Å². The van der Waals surface area contributed by atoms with Crippen LogP contribution in [0.2, 0.25) is 0 Å². The van der Waals surface area contributed by atoms with Crippen molar-refractivity contribution in [1.29, 1.82) is 0 Å². The van der Waals surface area contributed by atoms with Crippen molar-refractivity contribution >= 4 is 27.5 Å². The number of hydrogen-bond acceptors (Lipinski definition) is 2. The lowest BCUT2D eigenvalue weighted by Crippen LogP contribution is -2.24. The normalized spacial score (nSPS) is 21.1. The summed E-state index contributed by atoms with van der Waals surface area (Å²) in [5, 5.41) is 0. The molecule has 1 aliphatic heterocycles. The molecule has 0 radical (unpaired) electrons. The van der Waals surface area contributed by atoms with Crippen molar-refractivity contribution in [1.82, 2.24) is 4.98 Å². The maximum absolute atomic E-state index is 11.6. The molecule has 1 fully saturated rings. The van der Waals surface area contributed by atoms with Crippen LogP contribution in [-0.4, -0.2) is 22.3 Å². The van der Waals surface area contributed by atoms with Gasteiger partial charge in [0.2, 0.25) is 5.91 Å². The van der Waals surface area contributed by atoms with E-state index in [1.54, 1.807) is 11.1 Å². The Morgan fingerprint density at radius 1 is 1.53 bits per heavy atom. The van der Waals surface area contributed by atoms with E-state index in [0.29, 0.717) is 6.42 Å². The van der Waals surface area contributed by atoms with E-state index in [9.17, 15) is 4.79 Å². The van der Waals surface area contributed by atoms with Crippen LogP contribution in [0.3, 0.4) is 0 Å². The van der Waals surface area contributed by atoms with Crippen molar-refractivity contribution in [2.24, 2.45) is 0 Å². The van der Waals surface area contributed by atoms with Gasteiger partial charge in [0.05, 0.1) is 11.9 Å². The standard InChI is InChI=1S/C11H13BrN2O/c1-7-3-10(5-13-8(7)2)14-6-9(12)4-11(14)15/h3,5,9H,4,6H2,1-2H3. The van der Waals surface area contributed by atoms with Crippen molar-refractivity contribution < 1.29 is 4.79 Å². The number of aryl methyl sites for hydroxylation is 2. The molecule has 2 rings (SSSR count). The number of rotatable bonds is 1. The Kier molecular flexibility index (Phi) is 2.78. The van der Waals surface area contributed by atoms with Gasteiger partial charge >= 0.3 is 0 Å². The monoisotopic (exact) mass is 268 g/mol. The summed E-state index contributed by atoms with van der Waals surface area (Å²) >= 11 is 3.47. The Bertz CT molecular complexity index is 406. The highest BCUT2D eigenvalue weighted by atomic mass is 79.9. The summed E-state index contributed by atoms with van der Waals surface area (Å²) in [6.45, 7) is 4.72. The molecule has 0 spiro atoms. The molecule has 1 saturated heterocycles. The van der Waals surface area contributed by atoms with Crippen molar-refractivity contribution in [2.75, 3.05) is 11.4 Å². The van der Waals surface area contributed by atoms with E-state index in [2.05, 4.69) is 20.9 Å². The van der Waals surface area contributed by atoms with Crippen LogP contribution in [0.4, 0.5) is 5.69 Å². The third-order valence-electron chi connectivity index (χ3n) is 2.72. The summed E-state index contributed by atoms with van der Waals surface area (Å²) in [6, 6.07) is 2.02. The smallest absolute Gasteiger partial charge is 0.228 e. The van der Waals surface area contributed by atoms with E-state index in [1.807, 2.05) is 19.9 Å². The molecule has 0 N–H and O–H groups in total. The molecule has 1 amide bonds. The number of hydrogen-bond donors (Lipinski definition) is 0. The number of nitrogens with zero attached hydrogens (tertiary/aromatic N) is 2. The van der Waals surface area contributed by atoms with Crippen LogP contribution in [0.25, 0.3) is 0 Å². The number of amides is 1. The van der Waals surface area contributed by atoms with Gasteiger partial charge in [-0.25, -0.2) is 0 Å². The van der Waals surface area contributed by atoms with Gasteiger partial charge in [0, 0.05) is 23.5 Å². The lowest BCUT2D eigenvalue weighted by atomic mass is 10.2. The highest BCUT2D eigenvalue weighted by molar-refractivity contribution is 9.09. The number of anilines is 1. The molecule has 0 aliphatic carbocycles. The van der Waals surface area contributed by atoms with Crippen LogP contribution >= 0.6 is 15.9 Å². The summed E-state index contributed by atoms with van der Waals surface area (Å²) in [7, 11) is 0. The van der Waals surface area contributed by atoms with Crippen molar-refractivity contribution in [2.45, 2.75) is 25.1 Å². The molecule has 1 aromatic heterocycles. The molecule has 2 heterocycles. The van der Waals surface area contributed by atoms with Crippen molar-refractivity contribution in [3.63, 3.8) is 0 Å². The molecule has 0 bridgehead atoms. The lowest BCUT2D eigenvalue weighted by molar-refractivity contribution is -0.117. The fourth-order valence-corrected chi connectivity index (χ4v) is 2.26. The zero-order valence-electron chi connectivity index (χ0n) is 8.83. The Morgan fingerprint density at radius 3 is 2.80 bits per heavy atom. The summed E-state index contributed by atoms with van der Waals surface area (Å²) in [5.41, 5.74) is 3.05. The Morgan fingerprint density at radius 2 is 2.27 bits per heavy atom. The van der Waals surface area contributed by atoms with E-state index >= 15 is 0 Å². The molecule has 0 saturated carbocycles. The number of aromatic nitrogens is 1. The first kappa shape index (κ1) is 10.6. The average molecular weight is 269 g/mol. The summed E-state index contributed by atoms with van der Waals surface area (Å²) in [5.74, 6) is 0.168. The molecular weight excluding hydrogens is 256 g/mol. The molecule has 1 aromatic rings. The van der Waals surface area contributed by atoms with Gasteiger partial charge in [-0.05, 0) is 25.5 Å². The largest absolute Gasteiger partial charge is 0.310 e. The second-order valence-electron chi connectivity index (χ2n) is 3.90. The maximum atomic E-state index is 11.6. The fourth-order valence-electron chi connectivity index (χ4n) is 1.69. The van der Waals surface area contributed by atoms with Gasteiger partial charge in [-0.3, -0.25) is 9.78 Å². The number of carbonyl (C=O) groups is 1. The quantitative estimate of drug-likeness (QED) is 0.732. The molecule has 1 atom stereocenters. The maximum Gasteiger partial charge on any atom is 0.228 e. The van der Waals surface area contributed by atoms with Gasteiger partial charge in [0.15, 0.2) is 0 Å². The predicted octanol–water partition coefficient (Wildman–Crippen LogP) is 2.20. The Balaban J connectivity index is 2.30. The molecular formula is C11H13BrN2O. The SMILES string of the molecule is Cc1cc(N2CC(Br)CC2=O)cnc1C. The van der Waals surface area contributed by atoms with Crippen LogP contribution in [0.1, 0.15) is 17.7 Å². The fraction of sp³-hybridized carbons (Fsp3) is 0.455. The number of alkyl halides is 1. The van der Waals surface area contributed by atoms with Crippen LogP contribution in [0, 0.1) is 13.8 Å². The van der Waals surface area contributed by atoms with E-state index in [1.165, 1.54) is 0 Å². The van der Waals surface area contributed by atoms with Crippen LogP contribution in [0.15, 0.2) is 12.3 Å². The summed E-state index contributed by atoms with van der Waals surface area (Å²) in [4.78, 5) is 18.0. The molecule has 1 aliphatic rings. The number of pyridine rings is 1. The average Bonchev–Trinajstić information content (AvgIpc) is 2.50. The van der Waals surface area contributed by atoms with Gasteiger partial charge in [0.25, 0.3) is 0 Å². The highest BCUT2D eigenvalue weighted by Gasteiger charge is 2.28. The van der Waals surface area contributed by atoms with E-state index in [0.717, 1.165) is 23.5 Å². The second kappa shape index (κ2) is 3.93. The summed E-state index contributed by atoms with van der Waals surface area (Å²) in [6.07, 6.45) is 2.35. The van der Waals surface area contributed by atoms with Crippen molar-refractivity contribution in [3.8, 4) is 0 Å². The van der Waals surface area contributed by atoms with Gasteiger partial charge in [-0.15, -0.1) is 0 Å². The Labute approximate surface area is 97.6 Å². The van der Waals surface area contributed by atoms with Gasteiger partial charge in [-0.1, -0.05) is 15.9 Å². The molecule has 3 nitrogen and oxygen atoms in total. The van der Waals surface area contributed by atoms with Crippen LogP contribution < -0.4 is 4.90 Å². The lowest BCUT2D eigenvalue weighted by Gasteiger charge is -2.16. The highest BCUT2D eigenvalue weighted by Crippen LogP contribution is 2.25. The van der Waals surface area contributed by atoms with Crippen molar-refractivity contribution in [3.05, 3.63) is 23.5 Å². The minimum Gasteiger partial charge on any atom is -0.310 e. The molecule has 0 aromatic carbocycles. The topological polar surface area (TPSA) is 33.2 Å². The van der Waals surface area contributed by atoms with Crippen LogP contribution in [-0.2, 0) is 4.79 Å². The zero-order valence-corrected chi connectivity index (χ0v) is 10.4. The molecule has 80 valence electrons. The minimum absolute atomic E-state index is 0.168. The van der Waals surface area contributed by atoms with Gasteiger partial charge in [0.1, 0.15) is 0 Å². The number of carbonyl (C=O) groups excluding carboxylic acids is 1. The number of halogens is 1.